The number of nitrogens with one attached hydrogen (secondary N) is 2. The zero-order valence-corrected chi connectivity index (χ0v) is 15.3. The molecule has 4 N–H and O–H groups in total. The lowest BCUT2D eigenvalue weighted by Crippen LogP contribution is -2.33. The second-order valence-corrected chi connectivity index (χ2v) is 4.96. The van der Waals surface area contributed by atoms with Crippen molar-refractivity contribution in [2.24, 2.45) is 10.7 Å². The normalized spacial score (nSPS) is 10.6. The molecule has 112 valence electrons. The van der Waals surface area contributed by atoms with Gasteiger partial charge in [-0.3, -0.25) is 4.79 Å². The van der Waals surface area contributed by atoms with Gasteiger partial charge in [-0.15, -0.1) is 24.0 Å². The lowest BCUT2D eigenvalue weighted by atomic mass is 10.3. The van der Waals surface area contributed by atoms with Gasteiger partial charge in [0.1, 0.15) is 6.54 Å². The molecule has 0 aliphatic rings. The number of halogens is 2. The highest BCUT2D eigenvalue weighted by atomic mass is 127. The molecule has 0 aromatic heterocycles. The summed E-state index contributed by atoms with van der Waals surface area (Å²) >= 11 is 3.34. The molecule has 1 aromatic rings. The third-order valence-corrected chi connectivity index (χ3v) is 2.83. The number of nitrogens with two attached hydrogens (primary N) is 1. The fourth-order valence-electron chi connectivity index (χ4n) is 1.37. The van der Waals surface area contributed by atoms with Crippen LogP contribution in [0.5, 0.6) is 0 Å². The van der Waals surface area contributed by atoms with E-state index in [-0.39, 0.29) is 36.4 Å². The van der Waals surface area contributed by atoms with E-state index in [4.69, 9.17) is 5.73 Å². The molecule has 1 aromatic carbocycles. The Kier molecular flexibility index (Phi) is 10.4. The standard InChI is InChI=1S/C13H19BrN4O.HI/c1-2-3-7-16-13(15)17-9-12(19)18-11-6-4-5-10(14)8-11;/h4-6,8H,2-3,7,9H2,1H3,(H,18,19)(H3,15,16,17);1H. The van der Waals surface area contributed by atoms with Gasteiger partial charge in [-0.05, 0) is 24.6 Å². The van der Waals surface area contributed by atoms with E-state index in [0.717, 1.165) is 29.5 Å². The number of carbonyl (C=O) groups is 1. The summed E-state index contributed by atoms with van der Waals surface area (Å²) in [5.74, 6) is 0.108. The van der Waals surface area contributed by atoms with Gasteiger partial charge in [0.2, 0.25) is 5.91 Å². The number of hydrogen-bond acceptors (Lipinski definition) is 2. The topological polar surface area (TPSA) is 79.5 Å². The van der Waals surface area contributed by atoms with E-state index in [9.17, 15) is 4.79 Å². The van der Waals surface area contributed by atoms with Crippen molar-refractivity contribution < 1.29 is 4.79 Å². The molecule has 0 aliphatic heterocycles. The van der Waals surface area contributed by atoms with Crippen LogP contribution in [0, 0.1) is 0 Å². The highest BCUT2D eigenvalue weighted by Gasteiger charge is 2.01. The summed E-state index contributed by atoms with van der Waals surface area (Å²) < 4.78 is 0.912. The van der Waals surface area contributed by atoms with Crippen molar-refractivity contribution in [1.29, 1.82) is 0 Å². The first kappa shape index (κ1) is 19.2. The van der Waals surface area contributed by atoms with E-state index in [1.165, 1.54) is 0 Å². The summed E-state index contributed by atoms with van der Waals surface area (Å²) in [4.78, 5) is 15.6. The maximum atomic E-state index is 11.6. The third kappa shape index (κ3) is 8.36. The number of unbranched alkanes of at least 4 members (excludes halogenated alkanes) is 1. The van der Waals surface area contributed by atoms with Crippen molar-refractivity contribution in [3.8, 4) is 0 Å². The van der Waals surface area contributed by atoms with Gasteiger partial charge in [0, 0.05) is 16.7 Å². The van der Waals surface area contributed by atoms with Gasteiger partial charge in [0.05, 0.1) is 0 Å². The van der Waals surface area contributed by atoms with Crippen LogP contribution in [-0.4, -0.2) is 25.0 Å². The van der Waals surface area contributed by atoms with Crippen molar-refractivity contribution in [3.63, 3.8) is 0 Å². The number of guanidine groups is 1. The number of rotatable bonds is 6. The summed E-state index contributed by atoms with van der Waals surface area (Å²) in [5, 5.41) is 5.70. The fraction of sp³-hybridized carbons (Fsp3) is 0.385. The largest absolute Gasteiger partial charge is 0.370 e. The predicted molar refractivity (Wildman–Crippen MR) is 97.6 cm³/mol. The van der Waals surface area contributed by atoms with Crippen molar-refractivity contribution >= 4 is 57.5 Å². The molecule has 0 saturated heterocycles. The van der Waals surface area contributed by atoms with Crippen molar-refractivity contribution in [3.05, 3.63) is 28.7 Å². The predicted octanol–water partition coefficient (Wildman–Crippen LogP) is 2.71. The van der Waals surface area contributed by atoms with E-state index in [1.807, 2.05) is 24.3 Å². The molecule has 20 heavy (non-hydrogen) atoms. The lowest BCUT2D eigenvalue weighted by molar-refractivity contribution is -0.114. The minimum absolute atomic E-state index is 0. The van der Waals surface area contributed by atoms with Crippen molar-refractivity contribution in [1.82, 2.24) is 5.32 Å². The molecule has 0 fully saturated rings. The van der Waals surface area contributed by atoms with Crippen LogP contribution < -0.4 is 16.4 Å². The highest BCUT2D eigenvalue weighted by Crippen LogP contribution is 2.15. The van der Waals surface area contributed by atoms with Crippen molar-refractivity contribution in [2.45, 2.75) is 19.8 Å². The number of benzene rings is 1. The van der Waals surface area contributed by atoms with Gasteiger partial charge >= 0.3 is 0 Å². The Morgan fingerprint density at radius 1 is 1.45 bits per heavy atom. The average molecular weight is 455 g/mol. The monoisotopic (exact) mass is 454 g/mol. The van der Waals surface area contributed by atoms with Gasteiger partial charge in [0.15, 0.2) is 5.96 Å². The minimum Gasteiger partial charge on any atom is -0.370 e. The Hall–Kier alpha value is -0.830. The van der Waals surface area contributed by atoms with Gasteiger partial charge in [-0.1, -0.05) is 35.3 Å². The van der Waals surface area contributed by atoms with E-state index < -0.39 is 0 Å². The first-order valence-electron chi connectivity index (χ1n) is 6.21. The second kappa shape index (κ2) is 10.9. The molecule has 7 heteroatoms. The molecule has 0 heterocycles. The van der Waals surface area contributed by atoms with Crippen LogP contribution in [0.2, 0.25) is 0 Å². The summed E-state index contributed by atoms with van der Waals surface area (Å²) in [6.45, 7) is 2.89. The number of hydrogen-bond donors (Lipinski definition) is 3. The summed E-state index contributed by atoms with van der Waals surface area (Å²) in [5.41, 5.74) is 6.36. The smallest absolute Gasteiger partial charge is 0.246 e. The number of aliphatic imine (C=N–C) groups is 1. The molecule has 0 unspecified atom stereocenters. The zero-order valence-electron chi connectivity index (χ0n) is 11.4. The Bertz CT molecular complexity index is 454. The molecule has 1 rings (SSSR count). The molecule has 0 spiro atoms. The van der Waals surface area contributed by atoms with Crippen LogP contribution in [-0.2, 0) is 4.79 Å². The summed E-state index contributed by atoms with van der Waals surface area (Å²) in [6.07, 6.45) is 2.12. The maximum absolute atomic E-state index is 11.6. The third-order valence-electron chi connectivity index (χ3n) is 2.34. The van der Waals surface area contributed by atoms with Crippen LogP contribution in [0.3, 0.4) is 0 Å². The minimum atomic E-state index is -0.196. The summed E-state index contributed by atoms with van der Waals surface area (Å²) in [6, 6.07) is 7.38. The quantitative estimate of drug-likeness (QED) is 0.267. The molecule has 0 radical (unpaired) electrons. The SMILES string of the molecule is CCCCNC(N)=NCC(=O)Nc1cccc(Br)c1.I. The average Bonchev–Trinajstić information content (AvgIpc) is 2.37. The Balaban J connectivity index is 0.00000361. The lowest BCUT2D eigenvalue weighted by Gasteiger charge is -2.05. The van der Waals surface area contributed by atoms with E-state index in [0.29, 0.717) is 5.96 Å². The zero-order chi connectivity index (χ0) is 14.1. The molecule has 0 aliphatic carbocycles. The van der Waals surface area contributed by atoms with Crippen LogP contribution in [0.25, 0.3) is 0 Å². The number of anilines is 1. The van der Waals surface area contributed by atoms with Crippen molar-refractivity contribution in [2.75, 3.05) is 18.4 Å². The first-order valence-corrected chi connectivity index (χ1v) is 7.00. The number of amides is 1. The first-order chi connectivity index (χ1) is 9.11. The van der Waals surface area contributed by atoms with Crippen LogP contribution >= 0.6 is 39.9 Å². The second-order valence-electron chi connectivity index (χ2n) is 4.04. The maximum Gasteiger partial charge on any atom is 0.246 e. The Labute approximate surface area is 144 Å². The van der Waals surface area contributed by atoms with Crippen LogP contribution in [0.4, 0.5) is 5.69 Å². The van der Waals surface area contributed by atoms with E-state index in [1.54, 1.807) is 0 Å². The van der Waals surface area contributed by atoms with Crippen LogP contribution in [0.1, 0.15) is 19.8 Å². The molecule has 1 amide bonds. The van der Waals surface area contributed by atoms with Gasteiger partial charge in [-0.25, -0.2) is 4.99 Å². The fourth-order valence-corrected chi connectivity index (χ4v) is 1.77. The van der Waals surface area contributed by atoms with Gasteiger partial charge < -0.3 is 16.4 Å². The van der Waals surface area contributed by atoms with E-state index in [2.05, 4.69) is 38.5 Å². The molecule has 5 nitrogen and oxygen atoms in total. The van der Waals surface area contributed by atoms with Gasteiger partial charge in [0.25, 0.3) is 0 Å². The molecule has 0 atom stereocenters. The molecular weight excluding hydrogens is 435 g/mol. The number of carbonyl (C=O) groups excluding carboxylic acids is 1. The summed E-state index contributed by atoms with van der Waals surface area (Å²) in [7, 11) is 0. The Morgan fingerprint density at radius 3 is 2.85 bits per heavy atom. The molecular formula is C13H20BrIN4O. The molecule has 0 bridgehead atoms. The number of nitrogens with zero attached hydrogens (tertiary/aromatic N) is 1. The Morgan fingerprint density at radius 2 is 2.20 bits per heavy atom. The van der Waals surface area contributed by atoms with Crippen LogP contribution in [0.15, 0.2) is 33.7 Å². The molecule has 0 saturated carbocycles. The van der Waals surface area contributed by atoms with Gasteiger partial charge in [-0.2, -0.15) is 0 Å². The highest BCUT2D eigenvalue weighted by molar-refractivity contribution is 14.0. The van der Waals surface area contributed by atoms with E-state index >= 15 is 0 Å².